The summed E-state index contributed by atoms with van der Waals surface area (Å²) in [5.41, 5.74) is 0.467. The Kier molecular flexibility index (Phi) is 4.17. The number of carbonyl (C=O) groups excluding carboxylic acids is 1. The molecule has 0 aliphatic heterocycles. The van der Waals surface area contributed by atoms with Crippen LogP contribution in [0.3, 0.4) is 0 Å². The molecule has 1 aromatic rings. The highest BCUT2D eigenvalue weighted by Gasteiger charge is 2.06. The van der Waals surface area contributed by atoms with E-state index < -0.39 is 5.97 Å². The van der Waals surface area contributed by atoms with Crippen LogP contribution < -0.4 is 5.32 Å². The second kappa shape index (κ2) is 5.41. The van der Waals surface area contributed by atoms with Crippen molar-refractivity contribution in [3.05, 3.63) is 29.8 Å². The van der Waals surface area contributed by atoms with Gasteiger partial charge in [0.15, 0.2) is 0 Å². The maximum atomic E-state index is 11.4. The molecule has 1 aromatic carbocycles. The number of carboxylic acids is 1. The van der Waals surface area contributed by atoms with Crippen LogP contribution in [0.25, 0.3) is 0 Å². The van der Waals surface area contributed by atoms with Gasteiger partial charge in [0.1, 0.15) is 6.54 Å². The van der Waals surface area contributed by atoms with Crippen molar-refractivity contribution in [1.82, 2.24) is 5.32 Å². The number of carbonyl (C=O) groups is 2. The van der Waals surface area contributed by atoms with Crippen LogP contribution in [0.15, 0.2) is 29.2 Å². The van der Waals surface area contributed by atoms with Crippen molar-refractivity contribution in [2.75, 3.05) is 12.8 Å². The highest BCUT2D eigenvalue weighted by molar-refractivity contribution is 7.98. The predicted molar refractivity (Wildman–Crippen MR) is 58.2 cm³/mol. The smallest absolute Gasteiger partial charge is 0.322 e. The molecule has 15 heavy (non-hydrogen) atoms. The molecule has 80 valence electrons. The van der Waals surface area contributed by atoms with Gasteiger partial charge in [0.25, 0.3) is 5.91 Å². The Morgan fingerprint density at radius 3 is 2.40 bits per heavy atom. The van der Waals surface area contributed by atoms with Gasteiger partial charge in [-0.05, 0) is 30.5 Å². The Labute approximate surface area is 91.7 Å². The molecule has 4 nitrogen and oxygen atoms in total. The first-order valence-corrected chi connectivity index (χ1v) is 5.50. The van der Waals surface area contributed by atoms with Crippen molar-refractivity contribution < 1.29 is 14.7 Å². The standard InChI is InChI=1S/C10H11NO3S/c1-15-8-4-2-7(3-5-8)10(14)11-6-9(12)13/h2-5H,6H2,1H3,(H,11,14)(H,12,13). The van der Waals surface area contributed by atoms with Gasteiger partial charge in [-0.2, -0.15) is 0 Å². The van der Waals surface area contributed by atoms with Crippen LogP contribution in [0, 0.1) is 0 Å². The molecule has 1 rings (SSSR count). The van der Waals surface area contributed by atoms with Crippen LogP contribution in [-0.2, 0) is 4.79 Å². The third-order valence-corrected chi connectivity index (χ3v) is 2.50. The number of amides is 1. The molecule has 0 atom stereocenters. The van der Waals surface area contributed by atoms with E-state index in [1.165, 1.54) is 0 Å². The normalized spacial score (nSPS) is 9.67. The monoisotopic (exact) mass is 225 g/mol. The van der Waals surface area contributed by atoms with Gasteiger partial charge in [-0.15, -0.1) is 11.8 Å². The van der Waals surface area contributed by atoms with E-state index in [1.54, 1.807) is 23.9 Å². The molecule has 0 saturated carbocycles. The van der Waals surface area contributed by atoms with Crippen LogP contribution in [0.5, 0.6) is 0 Å². The molecule has 0 bridgehead atoms. The largest absolute Gasteiger partial charge is 0.480 e. The van der Waals surface area contributed by atoms with Crippen LogP contribution >= 0.6 is 11.8 Å². The summed E-state index contributed by atoms with van der Waals surface area (Å²) < 4.78 is 0. The first kappa shape index (κ1) is 11.6. The number of benzene rings is 1. The minimum absolute atomic E-state index is 0.358. The summed E-state index contributed by atoms with van der Waals surface area (Å²) in [5.74, 6) is -1.42. The van der Waals surface area contributed by atoms with Gasteiger partial charge in [0.2, 0.25) is 0 Å². The molecule has 0 saturated heterocycles. The zero-order valence-electron chi connectivity index (χ0n) is 8.19. The first-order valence-electron chi connectivity index (χ1n) is 4.27. The Hall–Kier alpha value is -1.49. The number of hydrogen-bond acceptors (Lipinski definition) is 3. The lowest BCUT2D eigenvalue weighted by atomic mass is 10.2. The second-order valence-electron chi connectivity index (χ2n) is 2.80. The zero-order valence-corrected chi connectivity index (χ0v) is 9.00. The summed E-state index contributed by atoms with van der Waals surface area (Å²) in [5, 5.41) is 10.7. The van der Waals surface area contributed by atoms with Crippen LogP contribution in [0.2, 0.25) is 0 Å². The third kappa shape index (κ3) is 3.63. The van der Waals surface area contributed by atoms with Crippen LogP contribution in [0.4, 0.5) is 0 Å². The van der Waals surface area contributed by atoms with E-state index >= 15 is 0 Å². The third-order valence-electron chi connectivity index (χ3n) is 1.75. The molecule has 0 aliphatic carbocycles. The molecule has 1 amide bonds. The summed E-state index contributed by atoms with van der Waals surface area (Å²) in [6, 6.07) is 6.98. The minimum Gasteiger partial charge on any atom is -0.480 e. The zero-order chi connectivity index (χ0) is 11.3. The molecule has 0 unspecified atom stereocenters. The van der Waals surface area contributed by atoms with Gasteiger partial charge >= 0.3 is 5.97 Å². The van der Waals surface area contributed by atoms with E-state index in [2.05, 4.69) is 5.32 Å². The molecule has 2 N–H and O–H groups in total. The van der Waals surface area contributed by atoms with E-state index in [1.807, 2.05) is 18.4 Å². The Bertz CT molecular complexity index is 361. The molecule has 0 spiro atoms. The minimum atomic E-state index is -1.05. The number of thioether (sulfide) groups is 1. The molecular formula is C10H11NO3S. The summed E-state index contributed by atoms with van der Waals surface area (Å²) >= 11 is 1.58. The fourth-order valence-electron chi connectivity index (χ4n) is 1.00. The Balaban J connectivity index is 2.62. The van der Waals surface area contributed by atoms with Gasteiger partial charge in [0.05, 0.1) is 0 Å². The lowest BCUT2D eigenvalue weighted by Crippen LogP contribution is -2.29. The molecule has 5 heteroatoms. The average Bonchev–Trinajstić information content (AvgIpc) is 2.26. The van der Waals surface area contributed by atoms with Crippen LogP contribution in [-0.4, -0.2) is 29.8 Å². The summed E-state index contributed by atoms with van der Waals surface area (Å²) in [7, 11) is 0. The number of rotatable bonds is 4. The number of hydrogen-bond donors (Lipinski definition) is 2. The van der Waals surface area contributed by atoms with E-state index in [-0.39, 0.29) is 12.5 Å². The van der Waals surface area contributed by atoms with Crippen molar-refractivity contribution in [2.24, 2.45) is 0 Å². The van der Waals surface area contributed by atoms with Crippen molar-refractivity contribution in [3.63, 3.8) is 0 Å². The highest BCUT2D eigenvalue weighted by atomic mass is 32.2. The van der Waals surface area contributed by atoms with Crippen molar-refractivity contribution >= 4 is 23.6 Å². The highest BCUT2D eigenvalue weighted by Crippen LogP contribution is 2.14. The van der Waals surface area contributed by atoms with E-state index in [4.69, 9.17) is 5.11 Å². The quantitative estimate of drug-likeness (QED) is 0.756. The summed E-state index contributed by atoms with van der Waals surface area (Å²) in [4.78, 5) is 22.6. The van der Waals surface area contributed by atoms with Crippen molar-refractivity contribution in [1.29, 1.82) is 0 Å². The summed E-state index contributed by atoms with van der Waals surface area (Å²) in [6.45, 7) is -0.358. The Morgan fingerprint density at radius 2 is 1.93 bits per heavy atom. The van der Waals surface area contributed by atoms with Gasteiger partial charge in [-0.3, -0.25) is 9.59 Å². The molecule has 0 aliphatic rings. The number of nitrogens with one attached hydrogen (secondary N) is 1. The predicted octanol–water partition coefficient (Wildman–Crippen LogP) is 1.22. The molecule has 0 aromatic heterocycles. The lowest BCUT2D eigenvalue weighted by molar-refractivity contribution is -0.135. The number of aliphatic carboxylic acids is 1. The molecular weight excluding hydrogens is 214 g/mol. The van der Waals surface area contributed by atoms with Crippen LogP contribution in [0.1, 0.15) is 10.4 Å². The maximum absolute atomic E-state index is 11.4. The fourth-order valence-corrected chi connectivity index (χ4v) is 1.41. The van der Waals surface area contributed by atoms with Gasteiger partial charge in [-0.25, -0.2) is 0 Å². The number of carboxylic acid groups (broad SMARTS) is 1. The van der Waals surface area contributed by atoms with E-state index in [0.717, 1.165) is 4.90 Å². The topological polar surface area (TPSA) is 66.4 Å². The first-order chi connectivity index (χ1) is 7.13. The molecule has 0 radical (unpaired) electrons. The second-order valence-corrected chi connectivity index (χ2v) is 3.68. The van der Waals surface area contributed by atoms with Gasteiger partial charge < -0.3 is 10.4 Å². The molecule has 0 heterocycles. The molecule has 0 fully saturated rings. The van der Waals surface area contributed by atoms with Crippen molar-refractivity contribution in [3.8, 4) is 0 Å². The van der Waals surface area contributed by atoms with E-state index in [0.29, 0.717) is 5.56 Å². The van der Waals surface area contributed by atoms with Crippen molar-refractivity contribution in [2.45, 2.75) is 4.90 Å². The Morgan fingerprint density at radius 1 is 1.33 bits per heavy atom. The SMILES string of the molecule is CSc1ccc(C(=O)NCC(=O)O)cc1. The average molecular weight is 225 g/mol. The fraction of sp³-hybridized carbons (Fsp3) is 0.200. The van der Waals surface area contributed by atoms with E-state index in [9.17, 15) is 9.59 Å². The maximum Gasteiger partial charge on any atom is 0.322 e. The van der Waals surface area contributed by atoms with Gasteiger partial charge in [0, 0.05) is 10.5 Å². The summed E-state index contributed by atoms with van der Waals surface area (Å²) in [6.07, 6.45) is 1.94. The van der Waals surface area contributed by atoms with Gasteiger partial charge in [-0.1, -0.05) is 0 Å². The lowest BCUT2D eigenvalue weighted by Gasteiger charge is -2.02.